The van der Waals surface area contributed by atoms with Crippen LogP contribution in [0.5, 0.6) is 0 Å². The maximum atomic E-state index is 11.8. The highest BCUT2D eigenvalue weighted by molar-refractivity contribution is 5.95. The fraction of sp³-hybridized carbons (Fsp3) is 0.412. The number of hydrogen-bond acceptors (Lipinski definition) is 3. The fourth-order valence-electron chi connectivity index (χ4n) is 2.80. The van der Waals surface area contributed by atoms with Crippen molar-refractivity contribution in [1.82, 2.24) is 15.5 Å². The van der Waals surface area contributed by atoms with Gasteiger partial charge in [-0.25, -0.2) is 0 Å². The van der Waals surface area contributed by atoms with E-state index in [2.05, 4.69) is 34.6 Å². The number of aromatic amines is 1. The smallest absolute Gasteiger partial charge is 0.227 e. The van der Waals surface area contributed by atoms with Crippen LogP contribution in [0, 0.1) is 6.92 Å². The number of H-pyrrole nitrogens is 1. The lowest BCUT2D eigenvalue weighted by molar-refractivity contribution is -0.117. The van der Waals surface area contributed by atoms with Gasteiger partial charge in [0.25, 0.3) is 0 Å². The van der Waals surface area contributed by atoms with Crippen molar-refractivity contribution in [2.45, 2.75) is 39.3 Å². The SMILES string of the molecule is Cc1[nH]ncc1CN[C@@H](C)c1ccc(N2CCCC2=O)cc1. The highest BCUT2D eigenvalue weighted by atomic mass is 16.2. The Hall–Kier alpha value is -2.14. The number of carbonyl (C=O) groups excluding carboxylic acids is 1. The van der Waals surface area contributed by atoms with E-state index in [9.17, 15) is 4.79 Å². The minimum absolute atomic E-state index is 0.231. The zero-order valence-electron chi connectivity index (χ0n) is 13.1. The van der Waals surface area contributed by atoms with Crippen molar-refractivity contribution in [1.29, 1.82) is 0 Å². The molecule has 0 saturated carbocycles. The summed E-state index contributed by atoms with van der Waals surface area (Å²) in [5, 5.41) is 10.5. The Morgan fingerprint density at radius 2 is 2.14 bits per heavy atom. The molecular formula is C17H22N4O. The highest BCUT2D eigenvalue weighted by Gasteiger charge is 2.21. The zero-order valence-corrected chi connectivity index (χ0v) is 13.1. The van der Waals surface area contributed by atoms with E-state index in [-0.39, 0.29) is 11.9 Å². The number of amides is 1. The van der Waals surface area contributed by atoms with Crippen molar-refractivity contribution < 1.29 is 4.79 Å². The molecule has 5 heteroatoms. The minimum atomic E-state index is 0.231. The summed E-state index contributed by atoms with van der Waals surface area (Å²) >= 11 is 0. The summed E-state index contributed by atoms with van der Waals surface area (Å²) in [4.78, 5) is 13.6. The third-order valence-corrected chi connectivity index (χ3v) is 4.31. The Bertz CT molecular complexity index is 647. The van der Waals surface area contributed by atoms with Crippen LogP contribution < -0.4 is 10.2 Å². The number of rotatable bonds is 5. The van der Waals surface area contributed by atoms with Gasteiger partial charge in [-0.2, -0.15) is 5.10 Å². The molecule has 0 spiro atoms. The quantitative estimate of drug-likeness (QED) is 0.892. The van der Waals surface area contributed by atoms with Gasteiger partial charge < -0.3 is 10.2 Å². The number of aryl methyl sites for hydroxylation is 1. The standard InChI is InChI=1S/C17H22N4O/c1-12(18-10-15-11-19-20-13(15)2)14-5-7-16(8-6-14)21-9-3-4-17(21)22/h5-8,11-12,18H,3-4,9-10H2,1-2H3,(H,19,20)/t12-/m0/s1. The lowest BCUT2D eigenvalue weighted by Gasteiger charge is -2.18. The van der Waals surface area contributed by atoms with Gasteiger partial charge in [0, 0.05) is 42.5 Å². The molecule has 1 aromatic carbocycles. The third-order valence-electron chi connectivity index (χ3n) is 4.31. The second-order valence-corrected chi connectivity index (χ2v) is 5.86. The van der Waals surface area contributed by atoms with E-state index in [4.69, 9.17) is 0 Å². The molecule has 1 atom stereocenters. The first kappa shape index (κ1) is 14.8. The van der Waals surface area contributed by atoms with Gasteiger partial charge in [-0.05, 0) is 38.0 Å². The minimum Gasteiger partial charge on any atom is -0.312 e. The van der Waals surface area contributed by atoms with Crippen LogP contribution in [0.3, 0.4) is 0 Å². The second kappa shape index (κ2) is 6.32. The van der Waals surface area contributed by atoms with E-state index in [0.29, 0.717) is 6.42 Å². The van der Waals surface area contributed by atoms with Gasteiger partial charge in [-0.15, -0.1) is 0 Å². The highest BCUT2D eigenvalue weighted by Crippen LogP contribution is 2.23. The summed E-state index contributed by atoms with van der Waals surface area (Å²) in [6.07, 6.45) is 3.49. The lowest BCUT2D eigenvalue weighted by atomic mass is 10.1. The molecule has 1 amide bonds. The van der Waals surface area contributed by atoms with Crippen molar-refractivity contribution in [3.05, 3.63) is 47.3 Å². The van der Waals surface area contributed by atoms with Crippen LogP contribution in [-0.4, -0.2) is 22.6 Å². The lowest BCUT2D eigenvalue weighted by Crippen LogP contribution is -2.23. The maximum Gasteiger partial charge on any atom is 0.227 e. The molecule has 0 aliphatic carbocycles. The van der Waals surface area contributed by atoms with Crippen molar-refractivity contribution in [2.24, 2.45) is 0 Å². The van der Waals surface area contributed by atoms with Gasteiger partial charge in [0.05, 0.1) is 6.20 Å². The van der Waals surface area contributed by atoms with E-state index in [0.717, 1.165) is 30.9 Å². The molecule has 0 unspecified atom stereocenters. The van der Waals surface area contributed by atoms with Crippen LogP contribution in [0.2, 0.25) is 0 Å². The van der Waals surface area contributed by atoms with Crippen LogP contribution in [0.1, 0.15) is 42.6 Å². The van der Waals surface area contributed by atoms with E-state index in [1.807, 2.05) is 30.2 Å². The van der Waals surface area contributed by atoms with Crippen molar-refractivity contribution in [3.8, 4) is 0 Å². The molecule has 0 radical (unpaired) electrons. The van der Waals surface area contributed by atoms with Gasteiger partial charge in [-0.3, -0.25) is 9.89 Å². The van der Waals surface area contributed by atoms with Crippen molar-refractivity contribution in [3.63, 3.8) is 0 Å². The number of benzene rings is 1. The first-order valence-corrected chi connectivity index (χ1v) is 7.77. The van der Waals surface area contributed by atoms with Gasteiger partial charge in [0.15, 0.2) is 0 Å². The Morgan fingerprint density at radius 1 is 1.36 bits per heavy atom. The molecule has 2 N–H and O–H groups in total. The van der Waals surface area contributed by atoms with Crippen molar-refractivity contribution >= 4 is 11.6 Å². The Balaban J connectivity index is 1.62. The molecule has 3 rings (SSSR count). The molecule has 116 valence electrons. The van der Waals surface area contributed by atoms with Gasteiger partial charge in [0.1, 0.15) is 0 Å². The average molecular weight is 298 g/mol. The number of anilines is 1. The summed E-state index contributed by atoms with van der Waals surface area (Å²) in [6, 6.07) is 8.53. The summed E-state index contributed by atoms with van der Waals surface area (Å²) in [5.74, 6) is 0.231. The summed E-state index contributed by atoms with van der Waals surface area (Å²) in [5.41, 5.74) is 4.51. The van der Waals surface area contributed by atoms with Crippen LogP contribution in [-0.2, 0) is 11.3 Å². The molecule has 5 nitrogen and oxygen atoms in total. The molecule has 0 bridgehead atoms. The fourth-order valence-corrected chi connectivity index (χ4v) is 2.80. The van der Waals surface area contributed by atoms with E-state index < -0.39 is 0 Å². The predicted octanol–water partition coefficient (Wildman–Crippen LogP) is 2.70. The van der Waals surface area contributed by atoms with Crippen molar-refractivity contribution in [2.75, 3.05) is 11.4 Å². The van der Waals surface area contributed by atoms with Crippen LogP contribution in [0.25, 0.3) is 0 Å². The Morgan fingerprint density at radius 3 is 2.73 bits per heavy atom. The van der Waals surface area contributed by atoms with Gasteiger partial charge >= 0.3 is 0 Å². The van der Waals surface area contributed by atoms with Crippen LogP contribution in [0.15, 0.2) is 30.5 Å². The normalized spacial score (nSPS) is 16.3. The Kier molecular flexibility index (Phi) is 4.24. The summed E-state index contributed by atoms with van der Waals surface area (Å²) in [6.45, 7) is 5.80. The van der Waals surface area contributed by atoms with Gasteiger partial charge in [-0.1, -0.05) is 12.1 Å². The Labute approximate surface area is 130 Å². The molecule has 1 aromatic heterocycles. The molecule has 2 heterocycles. The van der Waals surface area contributed by atoms with Crippen LogP contribution >= 0.6 is 0 Å². The van der Waals surface area contributed by atoms with Crippen LogP contribution in [0.4, 0.5) is 5.69 Å². The number of hydrogen-bond donors (Lipinski definition) is 2. The van der Waals surface area contributed by atoms with E-state index >= 15 is 0 Å². The number of carbonyl (C=O) groups is 1. The second-order valence-electron chi connectivity index (χ2n) is 5.86. The number of nitrogens with one attached hydrogen (secondary N) is 2. The zero-order chi connectivity index (χ0) is 15.5. The molecule has 1 fully saturated rings. The largest absolute Gasteiger partial charge is 0.312 e. The van der Waals surface area contributed by atoms with Gasteiger partial charge in [0.2, 0.25) is 5.91 Å². The molecule has 22 heavy (non-hydrogen) atoms. The summed E-state index contributed by atoms with van der Waals surface area (Å²) < 4.78 is 0. The molecule has 2 aromatic rings. The molecular weight excluding hydrogens is 276 g/mol. The monoisotopic (exact) mass is 298 g/mol. The topological polar surface area (TPSA) is 61.0 Å². The first-order valence-electron chi connectivity index (χ1n) is 7.77. The molecule has 1 aliphatic heterocycles. The summed E-state index contributed by atoms with van der Waals surface area (Å²) in [7, 11) is 0. The molecule has 1 saturated heterocycles. The average Bonchev–Trinajstić information content (AvgIpc) is 3.13. The first-order chi connectivity index (χ1) is 10.6. The number of nitrogens with zero attached hydrogens (tertiary/aromatic N) is 2. The van der Waals surface area contributed by atoms with E-state index in [1.165, 1.54) is 11.1 Å². The number of aromatic nitrogens is 2. The third kappa shape index (κ3) is 3.04. The predicted molar refractivity (Wildman–Crippen MR) is 86.6 cm³/mol. The molecule has 1 aliphatic rings. The van der Waals surface area contributed by atoms with E-state index in [1.54, 1.807) is 0 Å². The maximum absolute atomic E-state index is 11.8.